The third kappa shape index (κ3) is 12.6. The van der Waals surface area contributed by atoms with Crippen molar-refractivity contribution in [2.75, 3.05) is 66.5 Å². The minimum atomic E-state index is -0.911. The van der Waals surface area contributed by atoms with Crippen LogP contribution in [0.5, 0.6) is 0 Å². The molecule has 8 atom stereocenters. The molecule has 3 saturated carbocycles. The monoisotopic (exact) mass is 808 g/mol. The number of amides is 1. The molecule has 57 heavy (non-hydrogen) atoms. The van der Waals surface area contributed by atoms with E-state index in [1.807, 2.05) is 0 Å². The minimum absolute atomic E-state index is 0.0186. The summed E-state index contributed by atoms with van der Waals surface area (Å²) in [5.41, 5.74) is 1.32. The first kappa shape index (κ1) is 46.8. The van der Waals surface area contributed by atoms with E-state index in [9.17, 15) is 19.2 Å². The first-order valence-corrected chi connectivity index (χ1v) is 21.6. The Labute approximate surface area is 341 Å². The molecule has 0 aromatic heterocycles. The van der Waals surface area contributed by atoms with E-state index in [1.165, 1.54) is 56.9 Å². The fourth-order valence-electron chi connectivity index (χ4n) is 10.7. The second-order valence-electron chi connectivity index (χ2n) is 18.4. The summed E-state index contributed by atoms with van der Waals surface area (Å²) in [5.74, 6) is 4.69. The number of nitrogens with one attached hydrogen (secondary N) is 1. The van der Waals surface area contributed by atoms with Gasteiger partial charge in [0.1, 0.15) is 25.9 Å². The lowest BCUT2D eigenvalue weighted by Gasteiger charge is -2.58. The maximum atomic E-state index is 12.6. The molecule has 13 nitrogen and oxygen atoms in total. The van der Waals surface area contributed by atoms with Gasteiger partial charge in [0.05, 0.1) is 38.4 Å². The number of carbonyl (C=O) groups excluding carboxylic acids is 4. The van der Waals surface area contributed by atoms with Crippen LogP contribution in [0.15, 0.2) is 11.6 Å². The van der Waals surface area contributed by atoms with E-state index in [1.54, 1.807) is 14.0 Å². The van der Waals surface area contributed by atoms with Crippen LogP contribution in [-0.2, 0) is 38.0 Å². The third-order valence-electron chi connectivity index (χ3n) is 14.0. The standard InChI is InChI=1S/C37H59NO7.C4H6O3.C3H8O2/c1-24(2)8-7-9-25(3)29-12-13-30-28-11-10-26-20-27(14-16-36(26,5)31(28)15-17-37(29,30)6)45-33(40)38-18-19-42-21-32(39)35(4)22-43-34(41)44-23-35;5-4-6-2-1-3-7-4;1-5-3-2-4/h10,24-25,27-31H,7-9,11-23H2,1-6H3,(H,38,40);1-3H2;4H,2-3H2,1H3/t25-,27?,28+,29?,30+,31+,36+,37-;;/m1../s1. The molecule has 2 unspecified atom stereocenters. The SMILES string of the molecule is CC(C)CCC[C@@H](C)C1CC[C@H]2[C@@H]3CC=C4CC(OC(=O)NCCOCC(=O)C5(C)COC(=O)OC5)CC[C@]4(C)[C@H]3CC[C@]12C.COCCO.O=C1OCCCO1. The molecular weight excluding hydrogens is 734 g/mol. The highest BCUT2D eigenvalue weighted by atomic mass is 16.7. The van der Waals surface area contributed by atoms with Crippen molar-refractivity contribution in [1.29, 1.82) is 0 Å². The van der Waals surface area contributed by atoms with Crippen molar-refractivity contribution >= 4 is 24.2 Å². The molecule has 6 aliphatic rings. The van der Waals surface area contributed by atoms with Crippen molar-refractivity contribution in [3.8, 4) is 0 Å². The molecule has 0 bridgehead atoms. The van der Waals surface area contributed by atoms with Crippen LogP contribution in [0, 0.1) is 51.8 Å². The number of cyclic esters (lactones) is 4. The van der Waals surface area contributed by atoms with Crippen LogP contribution in [0.1, 0.15) is 119 Å². The number of alkyl carbamates (subject to hydrolysis) is 1. The Morgan fingerprint density at radius 3 is 2.23 bits per heavy atom. The molecule has 1 amide bonds. The van der Waals surface area contributed by atoms with Crippen molar-refractivity contribution in [3.63, 3.8) is 0 Å². The number of ketones is 1. The quantitative estimate of drug-likeness (QED) is 0.0752. The van der Waals surface area contributed by atoms with Gasteiger partial charge in [-0.15, -0.1) is 0 Å². The Morgan fingerprint density at radius 2 is 1.61 bits per heavy atom. The molecule has 2 N–H and O–H groups in total. The molecule has 326 valence electrons. The molecule has 0 radical (unpaired) electrons. The molecule has 2 aliphatic heterocycles. The fraction of sp³-hybridized carbons (Fsp3) is 0.864. The van der Waals surface area contributed by atoms with Crippen LogP contribution in [0.3, 0.4) is 0 Å². The lowest BCUT2D eigenvalue weighted by Crippen LogP contribution is -2.51. The molecule has 13 heteroatoms. The van der Waals surface area contributed by atoms with Gasteiger partial charge in [0.25, 0.3) is 0 Å². The largest absolute Gasteiger partial charge is 0.508 e. The number of allylic oxidation sites excluding steroid dienone is 1. The van der Waals surface area contributed by atoms with E-state index in [-0.39, 0.29) is 56.9 Å². The van der Waals surface area contributed by atoms with Crippen molar-refractivity contribution in [2.45, 2.75) is 125 Å². The Kier molecular flexibility index (Phi) is 18.0. The van der Waals surface area contributed by atoms with Gasteiger partial charge in [-0.25, -0.2) is 14.4 Å². The number of ether oxygens (including phenoxy) is 7. The van der Waals surface area contributed by atoms with Gasteiger partial charge in [0.15, 0.2) is 5.78 Å². The number of fused-ring (bicyclic) bond motifs is 5. The van der Waals surface area contributed by atoms with Crippen LogP contribution in [-0.4, -0.2) is 102 Å². The van der Waals surface area contributed by atoms with E-state index >= 15 is 0 Å². The molecule has 2 saturated heterocycles. The summed E-state index contributed by atoms with van der Waals surface area (Å²) >= 11 is 0. The van der Waals surface area contributed by atoms with Crippen molar-refractivity contribution in [3.05, 3.63) is 11.6 Å². The maximum Gasteiger partial charge on any atom is 0.508 e. The summed E-state index contributed by atoms with van der Waals surface area (Å²) in [6.45, 7) is 16.0. The zero-order valence-electron chi connectivity index (χ0n) is 35.9. The zero-order valence-corrected chi connectivity index (χ0v) is 35.9. The maximum absolute atomic E-state index is 12.6. The average molecular weight is 808 g/mol. The normalized spacial score (nSPS) is 31.7. The highest BCUT2D eigenvalue weighted by Gasteiger charge is 2.59. The molecular formula is C44H73NO12. The van der Waals surface area contributed by atoms with E-state index in [4.69, 9.17) is 24.1 Å². The molecule has 0 aromatic carbocycles. The van der Waals surface area contributed by atoms with Crippen LogP contribution >= 0.6 is 0 Å². The summed E-state index contributed by atoms with van der Waals surface area (Å²) in [6, 6.07) is 0. The van der Waals surface area contributed by atoms with Crippen LogP contribution < -0.4 is 5.32 Å². The number of aliphatic hydroxyl groups excluding tert-OH is 1. The summed E-state index contributed by atoms with van der Waals surface area (Å²) in [7, 11) is 1.55. The van der Waals surface area contributed by atoms with Crippen molar-refractivity contribution < 1.29 is 57.4 Å². The van der Waals surface area contributed by atoms with Gasteiger partial charge in [0, 0.05) is 26.5 Å². The summed E-state index contributed by atoms with van der Waals surface area (Å²) in [4.78, 5) is 46.2. The Bertz CT molecular complexity index is 1330. The highest BCUT2D eigenvalue weighted by Crippen LogP contribution is 2.67. The van der Waals surface area contributed by atoms with Gasteiger partial charge in [0.2, 0.25) is 0 Å². The van der Waals surface area contributed by atoms with Gasteiger partial charge in [-0.2, -0.15) is 0 Å². The second kappa shape index (κ2) is 21.9. The lowest BCUT2D eigenvalue weighted by molar-refractivity contribution is -0.143. The minimum Gasteiger partial charge on any atom is -0.446 e. The zero-order chi connectivity index (χ0) is 41.6. The number of aliphatic hydroxyl groups is 1. The van der Waals surface area contributed by atoms with E-state index in [0.717, 1.165) is 61.2 Å². The molecule has 0 aromatic rings. The number of hydrogen-bond acceptors (Lipinski definition) is 12. The van der Waals surface area contributed by atoms with E-state index < -0.39 is 23.8 Å². The summed E-state index contributed by atoms with van der Waals surface area (Å²) < 4.78 is 34.3. The van der Waals surface area contributed by atoms with Crippen molar-refractivity contribution in [2.24, 2.45) is 51.8 Å². The fourth-order valence-corrected chi connectivity index (χ4v) is 10.7. The average Bonchev–Trinajstić information content (AvgIpc) is 3.54. The van der Waals surface area contributed by atoms with E-state index in [0.29, 0.717) is 25.2 Å². The van der Waals surface area contributed by atoms with Crippen LogP contribution in [0.4, 0.5) is 14.4 Å². The van der Waals surface area contributed by atoms with Gasteiger partial charge in [-0.05, 0) is 98.2 Å². The molecule has 2 heterocycles. The predicted molar refractivity (Wildman–Crippen MR) is 213 cm³/mol. The van der Waals surface area contributed by atoms with Gasteiger partial charge in [-0.3, -0.25) is 4.79 Å². The molecule has 5 fully saturated rings. The molecule has 6 rings (SSSR count). The lowest BCUT2D eigenvalue weighted by atomic mass is 9.47. The number of rotatable bonds is 14. The Morgan fingerprint density at radius 1 is 0.912 bits per heavy atom. The predicted octanol–water partition coefficient (Wildman–Crippen LogP) is 8.05. The number of hydrogen-bond donors (Lipinski definition) is 2. The first-order valence-electron chi connectivity index (χ1n) is 21.6. The number of methoxy groups -OCH3 is 1. The molecule has 4 aliphatic carbocycles. The van der Waals surface area contributed by atoms with Crippen LogP contribution in [0.2, 0.25) is 0 Å². The first-order chi connectivity index (χ1) is 27.2. The third-order valence-corrected chi connectivity index (χ3v) is 14.0. The highest BCUT2D eigenvalue weighted by molar-refractivity contribution is 5.86. The second-order valence-corrected chi connectivity index (χ2v) is 18.4. The van der Waals surface area contributed by atoms with Crippen molar-refractivity contribution in [1.82, 2.24) is 5.32 Å². The van der Waals surface area contributed by atoms with Gasteiger partial charge >= 0.3 is 18.4 Å². The van der Waals surface area contributed by atoms with Gasteiger partial charge in [-0.1, -0.05) is 65.5 Å². The topological polar surface area (TPSA) is 165 Å². The molecule has 0 spiro atoms. The Hall–Kier alpha value is -2.90. The Balaban J connectivity index is 0.000000516. The number of Topliss-reactive ketones (excluding diaryl/α,β-unsaturated/α-hetero) is 1. The number of carbonyl (C=O) groups is 4. The summed E-state index contributed by atoms with van der Waals surface area (Å²) in [5, 5.41) is 10.7. The van der Waals surface area contributed by atoms with Crippen LogP contribution in [0.25, 0.3) is 0 Å². The summed E-state index contributed by atoms with van der Waals surface area (Å²) in [6.07, 6.45) is 15.2. The van der Waals surface area contributed by atoms with Gasteiger partial charge < -0.3 is 43.6 Å². The smallest absolute Gasteiger partial charge is 0.446 e. The van der Waals surface area contributed by atoms with E-state index in [2.05, 4.69) is 60.2 Å².